The molecule has 1 aliphatic carbocycles. The van der Waals surface area contributed by atoms with E-state index in [1.807, 2.05) is 13.8 Å². The van der Waals surface area contributed by atoms with Gasteiger partial charge in [-0.05, 0) is 56.4 Å². The fraction of sp³-hybridized carbons (Fsp3) is 0.429. The molecule has 3 aliphatic rings. The average Bonchev–Trinajstić information content (AvgIpc) is 3.25. The summed E-state index contributed by atoms with van der Waals surface area (Å²) in [5.41, 5.74) is 5.16. The number of benzene rings is 1. The standard InChI is InChI=1S/C28H28FN3O6/c1-12(2)37-11-22(33)30-19-6-5-14-13(3)18(29)8-20-23(14)24(19)16-9-32-21(25(16)31-20)7-15-17(27(32)34)10-38-28(35)26(15)36-4/h7-8,12,19,26H,5-6,9-11H2,1-4H3,(H,30,33)/t19-,26-/m0/s1. The number of halogens is 1. The Bertz CT molecular complexity index is 1590. The number of aromatic nitrogens is 2. The second kappa shape index (κ2) is 8.99. The van der Waals surface area contributed by atoms with Gasteiger partial charge in [0.05, 0.1) is 41.2 Å². The maximum absolute atomic E-state index is 15.0. The maximum Gasteiger partial charge on any atom is 0.340 e. The first-order valence-corrected chi connectivity index (χ1v) is 12.7. The summed E-state index contributed by atoms with van der Waals surface area (Å²) in [5, 5.41) is 3.92. The highest BCUT2D eigenvalue weighted by molar-refractivity contribution is 5.93. The lowest BCUT2D eigenvalue weighted by Gasteiger charge is -2.30. The number of ether oxygens (including phenoxy) is 3. The van der Waals surface area contributed by atoms with Crippen LogP contribution < -0.4 is 10.9 Å². The number of pyridine rings is 2. The molecule has 0 saturated carbocycles. The molecule has 1 aromatic carbocycles. The molecule has 1 amide bonds. The van der Waals surface area contributed by atoms with Crippen molar-refractivity contribution in [2.45, 2.75) is 65.0 Å². The van der Waals surface area contributed by atoms with Crippen molar-refractivity contribution in [2.75, 3.05) is 13.7 Å². The quantitative estimate of drug-likeness (QED) is 0.402. The van der Waals surface area contributed by atoms with E-state index in [2.05, 4.69) is 5.32 Å². The molecular weight excluding hydrogens is 493 g/mol. The van der Waals surface area contributed by atoms with Crippen molar-refractivity contribution in [1.29, 1.82) is 0 Å². The molecule has 38 heavy (non-hydrogen) atoms. The topological polar surface area (TPSA) is 109 Å². The van der Waals surface area contributed by atoms with Gasteiger partial charge in [0.25, 0.3) is 5.56 Å². The van der Waals surface area contributed by atoms with E-state index in [4.69, 9.17) is 19.2 Å². The first-order valence-electron chi connectivity index (χ1n) is 12.7. The molecule has 0 spiro atoms. The Kier molecular flexibility index (Phi) is 5.84. The minimum atomic E-state index is -1.01. The van der Waals surface area contributed by atoms with E-state index in [0.29, 0.717) is 46.4 Å². The molecule has 9 nitrogen and oxygen atoms in total. The molecular formula is C28H28FN3O6. The summed E-state index contributed by atoms with van der Waals surface area (Å²) in [5.74, 6) is -1.15. The zero-order chi connectivity index (χ0) is 26.9. The third-order valence-electron chi connectivity index (χ3n) is 7.74. The number of carbonyl (C=O) groups is 2. The highest BCUT2D eigenvalue weighted by Crippen LogP contribution is 2.45. The van der Waals surface area contributed by atoms with Crippen LogP contribution in [0.1, 0.15) is 65.8 Å². The van der Waals surface area contributed by atoms with Crippen LogP contribution in [0.5, 0.6) is 0 Å². The van der Waals surface area contributed by atoms with E-state index in [9.17, 15) is 18.8 Å². The molecule has 3 aromatic rings. The number of rotatable bonds is 5. The Morgan fingerprint density at radius 2 is 2.05 bits per heavy atom. The van der Waals surface area contributed by atoms with Crippen LogP contribution in [0.4, 0.5) is 4.39 Å². The normalized spacial score (nSPS) is 19.3. The van der Waals surface area contributed by atoms with Crippen LogP contribution in [0, 0.1) is 12.7 Å². The Labute approximate surface area is 217 Å². The Morgan fingerprint density at radius 1 is 1.26 bits per heavy atom. The maximum atomic E-state index is 15.0. The summed E-state index contributed by atoms with van der Waals surface area (Å²) in [7, 11) is 1.39. The summed E-state index contributed by atoms with van der Waals surface area (Å²) in [6, 6.07) is 2.81. The van der Waals surface area contributed by atoms with Crippen molar-refractivity contribution in [2.24, 2.45) is 0 Å². The average molecular weight is 522 g/mol. The van der Waals surface area contributed by atoms with Crippen molar-refractivity contribution in [3.05, 3.63) is 61.7 Å². The number of hydrogen-bond acceptors (Lipinski definition) is 7. The minimum Gasteiger partial charge on any atom is -0.458 e. The highest BCUT2D eigenvalue weighted by atomic mass is 19.1. The van der Waals surface area contributed by atoms with E-state index in [1.54, 1.807) is 17.6 Å². The van der Waals surface area contributed by atoms with Gasteiger partial charge in [-0.2, -0.15) is 0 Å². The molecule has 198 valence electrons. The third-order valence-corrected chi connectivity index (χ3v) is 7.74. The second-order valence-electron chi connectivity index (χ2n) is 10.3. The van der Waals surface area contributed by atoms with Crippen molar-refractivity contribution < 1.29 is 28.2 Å². The second-order valence-corrected chi connectivity index (χ2v) is 10.3. The number of amides is 1. The predicted octanol–water partition coefficient (Wildman–Crippen LogP) is 3.15. The summed E-state index contributed by atoms with van der Waals surface area (Å²) in [6.45, 7) is 5.52. The molecule has 0 saturated heterocycles. The largest absolute Gasteiger partial charge is 0.458 e. The van der Waals surface area contributed by atoms with Crippen LogP contribution in [0.2, 0.25) is 0 Å². The first-order chi connectivity index (χ1) is 18.2. The number of cyclic esters (lactones) is 1. The number of carbonyl (C=O) groups excluding carboxylic acids is 2. The van der Waals surface area contributed by atoms with E-state index >= 15 is 0 Å². The molecule has 0 bridgehead atoms. The summed E-state index contributed by atoms with van der Waals surface area (Å²) in [6.07, 6.45) is 0.0562. The van der Waals surface area contributed by atoms with Crippen LogP contribution in [0.25, 0.3) is 22.3 Å². The molecule has 10 heteroatoms. The fourth-order valence-corrected chi connectivity index (χ4v) is 5.93. The van der Waals surface area contributed by atoms with Gasteiger partial charge in [-0.25, -0.2) is 14.2 Å². The number of nitrogens with one attached hydrogen (secondary N) is 1. The van der Waals surface area contributed by atoms with Gasteiger partial charge in [-0.15, -0.1) is 0 Å². The van der Waals surface area contributed by atoms with Gasteiger partial charge in [-0.3, -0.25) is 9.59 Å². The molecule has 0 fully saturated rings. The highest BCUT2D eigenvalue weighted by Gasteiger charge is 2.38. The predicted molar refractivity (Wildman–Crippen MR) is 135 cm³/mol. The SMILES string of the molecule is CO[C@@H]1C(=O)OCc2c1cc1n(c2=O)Cc2c-1nc1cc(F)c(C)c3c1c2[C@@H](NC(=O)COC(C)C)CC3. The summed E-state index contributed by atoms with van der Waals surface area (Å²) in [4.78, 5) is 43.5. The Hall–Kier alpha value is -3.63. The van der Waals surface area contributed by atoms with Crippen molar-refractivity contribution in [1.82, 2.24) is 14.9 Å². The number of esters is 1. The molecule has 6 rings (SSSR count). The van der Waals surface area contributed by atoms with E-state index in [-0.39, 0.29) is 49.2 Å². The third kappa shape index (κ3) is 3.65. The number of nitrogens with zero attached hydrogens (tertiary/aromatic N) is 2. The Balaban J connectivity index is 1.56. The number of aryl methyl sites for hydroxylation is 1. The van der Waals surface area contributed by atoms with Gasteiger partial charge in [0.15, 0.2) is 6.10 Å². The van der Waals surface area contributed by atoms with Crippen LogP contribution >= 0.6 is 0 Å². The molecule has 4 heterocycles. The molecule has 2 aliphatic heterocycles. The monoisotopic (exact) mass is 521 g/mol. The lowest BCUT2D eigenvalue weighted by atomic mass is 9.81. The van der Waals surface area contributed by atoms with Gasteiger partial charge < -0.3 is 24.1 Å². The first kappa shape index (κ1) is 24.7. The van der Waals surface area contributed by atoms with Crippen molar-refractivity contribution in [3.63, 3.8) is 0 Å². The minimum absolute atomic E-state index is 0.0707. The molecule has 0 radical (unpaired) electrons. The van der Waals surface area contributed by atoms with Crippen molar-refractivity contribution in [3.8, 4) is 11.4 Å². The van der Waals surface area contributed by atoms with E-state index in [0.717, 1.165) is 22.1 Å². The van der Waals surface area contributed by atoms with Gasteiger partial charge in [0, 0.05) is 29.7 Å². The van der Waals surface area contributed by atoms with Crippen LogP contribution in [-0.2, 0) is 43.4 Å². The summed E-state index contributed by atoms with van der Waals surface area (Å²) < 4.78 is 32.6. The zero-order valence-electron chi connectivity index (χ0n) is 21.6. The number of methoxy groups -OCH3 is 1. The molecule has 2 atom stereocenters. The molecule has 1 N–H and O–H groups in total. The van der Waals surface area contributed by atoms with E-state index in [1.165, 1.54) is 13.2 Å². The fourth-order valence-electron chi connectivity index (χ4n) is 5.93. The van der Waals surface area contributed by atoms with Gasteiger partial charge in [-0.1, -0.05) is 0 Å². The lowest BCUT2D eigenvalue weighted by Crippen LogP contribution is -2.35. The van der Waals surface area contributed by atoms with Gasteiger partial charge >= 0.3 is 5.97 Å². The van der Waals surface area contributed by atoms with Crippen LogP contribution in [0.3, 0.4) is 0 Å². The smallest absolute Gasteiger partial charge is 0.340 e. The lowest BCUT2D eigenvalue weighted by molar-refractivity contribution is -0.159. The molecule has 2 aromatic heterocycles. The van der Waals surface area contributed by atoms with Gasteiger partial charge in [0.1, 0.15) is 19.0 Å². The number of hydrogen-bond donors (Lipinski definition) is 1. The van der Waals surface area contributed by atoms with E-state index < -0.39 is 12.1 Å². The van der Waals surface area contributed by atoms with Crippen molar-refractivity contribution >= 4 is 22.8 Å². The van der Waals surface area contributed by atoms with Crippen LogP contribution in [-0.4, -0.2) is 41.2 Å². The summed E-state index contributed by atoms with van der Waals surface area (Å²) >= 11 is 0. The van der Waals surface area contributed by atoms with Crippen LogP contribution in [0.15, 0.2) is 16.9 Å². The zero-order valence-corrected chi connectivity index (χ0v) is 21.6. The number of fused-ring (bicyclic) bond motifs is 5. The van der Waals surface area contributed by atoms with Gasteiger partial charge in [0.2, 0.25) is 5.91 Å². The molecule has 0 unspecified atom stereocenters. The Morgan fingerprint density at radius 3 is 2.79 bits per heavy atom.